The van der Waals surface area contributed by atoms with Crippen molar-refractivity contribution < 1.29 is 4.92 Å². The molecule has 0 bridgehead atoms. The third kappa shape index (κ3) is 2.18. The summed E-state index contributed by atoms with van der Waals surface area (Å²) in [5, 5.41) is 11.5. The molecule has 0 aliphatic heterocycles. The second kappa shape index (κ2) is 5.32. The number of halogens is 1. The van der Waals surface area contributed by atoms with E-state index >= 15 is 0 Å². The maximum atomic E-state index is 11.5. The number of fused-ring (bicyclic) bond motifs is 3. The highest BCUT2D eigenvalue weighted by Crippen LogP contribution is 2.46. The summed E-state index contributed by atoms with van der Waals surface area (Å²) < 4.78 is 0.504. The van der Waals surface area contributed by atoms with Crippen LogP contribution in [0.2, 0.25) is 0 Å². The van der Waals surface area contributed by atoms with Gasteiger partial charge in [-0.05, 0) is 62.3 Å². The minimum Gasteiger partial charge on any atom is -0.258 e. The fourth-order valence-electron chi connectivity index (χ4n) is 3.33. The van der Waals surface area contributed by atoms with Gasteiger partial charge in [-0.15, -0.1) is 0 Å². The Morgan fingerprint density at radius 1 is 0.826 bits per heavy atom. The standard InChI is InChI=1S/C19H12BrNO2/c20-17-10-4-9-16(19(17)21(22)23)15-8-3-6-13-11-12-5-1-2-7-14(12)18(13)15/h1-10H,11H2. The lowest BCUT2D eigenvalue weighted by molar-refractivity contribution is -0.385. The van der Waals surface area contributed by atoms with Crippen LogP contribution in [0.1, 0.15) is 11.1 Å². The molecule has 0 spiro atoms. The number of para-hydroxylation sites is 1. The molecule has 0 aromatic heterocycles. The average molecular weight is 366 g/mol. The molecule has 0 N–H and O–H groups in total. The van der Waals surface area contributed by atoms with Crippen molar-refractivity contribution in [1.29, 1.82) is 0 Å². The highest BCUT2D eigenvalue weighted by Gasteiger charge is 2.26. The molecule has 0 unspecified atom stereocenters. The van der Waals surface area contributed by atoms with E-state index in [4.69, 9.17) is 0 Å². The SMILES string of the molecule is O=[N+]([O-])c1c(Br)cccc1-c1cccc2c1-c1ccccc1C2. The van der Waals surface area contributed by atoms with Gasteiger partial charge in [0, 0.05) is 0 Å². The number of benzene rings is 3. The normalized spacial score (nSPS) is 11.9. The Morgan fingerprint density at radius 3 is 2.30 bits per heavy atom. The van der Waals surface area contributed by atoms with E-state index in [1.54, 1.807) is 6.07 Å². The van der Waals surface area contributed by atoms with Crippen LogP contribution in [0.4, 0.5) is 5.69 Å². The second-order valence-corrected chi connectivity index (χ2v) is 6.42. The number of rotatable bonds is 2. The molecule has 0 radical (unpaired) electrons. The van der Waals surface area contributed by atoms with E-state index in [0.29, 0.717) is 10.0 Å². The van der Waals surface area contributed by atoms with Crippen molar-refractivity contribution in [1.82, 2.24) is 0 Å². The minimum atomic E-state index is -0.320. The van der Waals surface area contributed by atoms with Gasteiger partial charge in [-0.3, -0.25) is 10.1 Å². The number of hydrogen-bond donors (Lipinski definition) is 0. The van der Waals surface area contributed by atoms with Gasteiger partial charge in [-0.2, -0.15) is 0 Å². The van der Waals surface area contributed by atoms with Crippen LogP contribution in [-0.4, -0.2) is 4.92 Å². The molecule has 4 heteroatoms. The number of nitro benzene ring substituents is 1. The Morgan fingerprint density at radius 2 is 1.48 bits per heavy atom. The largest absolute Gasteiger partial charge is 0.291 e. The smallest absolute Gasteiger partial charge is 0.258 e. The van der Waals surface area contributed by atoms with Crippen LogP contribution in [0.3, 0.4) is 0 Å². The first-order chi connectivity index (χ1) is 11.2. The quantitative estimate of drug-likeness (QED) is 0.343. The predicted molar refractivity (Wildman–Crippen MR) is 94.5 cm³/mol. The highest BCUT2D eigenvalue weighted by atomic mass is 79.9. The van der Waals surface area contributed by atoms with Gasteiger partial charge in [-0.25, -0.2) is 0 Å². The van der Waals surface area contributed by atoms with Crippen LogP contribution in [-0.2, 0) is 6.42 Å². The second-order valence-electron chi connectivity index (χ2n) is 5.57. The Bertz CT molecular complexity index is 950. The topological polar surface area (TPSA) is 43.1 Å². The Hall–Kier alpha value is -2.46. The molecular weight excluding hydrogens is 354 g/mol. The molecule has 4 rings (SSSR count). The van der Waals surface area contributed by atoms with E-state index in [2.05, 4.69) is 34.1 Å². The molecular formula is C19H12BrNO2. The Kier molecular flexibility index (Phi) is 3.27. The molecule has 23 heavy (non-hydrogen) atoms. The fraction of sp³-hybridized carbons (Fsp3) is 0.0526. The number of hydrogen-bond acceptors (Lipinski definition) is 2. The van der Waals surface area contributed by atoms with Gasteiger partial charge in [0.25, 0.3) is 5.69 Å². The van der Waals surface area contributed by atoms with Crippen LogP contribution in [0.15, 0.2) is 65.1 Å². The van der Waals surface area contributed by atoms with Crippen LogP contribution in [0.25, 0.3) is 22.3 Å². The Labute approximate surface area is 141 Å². The van der Waals surface area contributed by atoms with E-state index in [1.165, 1.54) is 16.7 Å². The van der Waals surface area contributed by atoms with Crippen molar-refractivity contribution in [2.45, 2.75) is 6.42 Å². The third-order valence-electron chi connectivity index (χ3n) is 4.28. The summed E-state index contributed by atoms with van der Waals surface area (Å²) in [6, 6.07) is 19.7. The van der Waals surface area contributed by atoms with Gasteiger partial charge in [0.15, 0.2) is 0 Å². The third-order valence-corrected chi connectivity index (χ3v) is 4.92. The summed E-state index contributed by atoms with van der Waals surface area (Å²) in [5.74, 6) is 0. The minimum absolute atomic E-state index is 0.116. The van der Waals surface area contributed by atoms with Gasteiger partial charge >= 0.3 is 0 Å². The molecule has 112 valence electrons. The molecule has 0 saturated carbocycles. The van der Waals surface area contributed by atoms with Crippen molar-refractivity contribution in [3.63, 3.8) is 0 Å². The molecule has 0 heterocycles. The summed E-state index contributed by atoms with van der Waals surface area (Å²) >= 11 is 3.32. The van der Waals surface area contributed by atoms with Crippen molar-refractivity contribution in [3.8, 4) is 22.3 Å². The van der Waals surface area contributed by atoms with Gasteiger partial charge in [-0.1, -0.05) is 48.5 Å². The van der Waals surface area contributed by atoms with Crippen molar-refractivity contribution in [2.24, 2.45) is 0 Å². The van der Waals surface area contributed by atoms with Crippen molar-refractivity contribution >= 4 is 21.6 Å². The van der Waals surface area contributed by atoms with E-state index in [-0.39, 0.29) is 10.6 Å². The number of nitro groups is 1. The zero-order chi connectivity index (χ0) is 16.0. The van der Waals surface area contributed by atoms with Crippen LogP contribution < -0.4 is 0 Å². The zero-order valence-electron chi connectivity index (χ0n) is 12.1. The highest BCUT2D eigenvalue weighted by molar-refractivity contribution is 9.10. The lowest BCUT2D eigenvalue weighted by Crippen LogP contribution is -1.95. The maximum absolute atomic E-state index is 11.5. The predicted octanol–water partition coefficient (Wildman–Crippen LogP) is 5.60. The molecule has 3 nitrogen and oxygen atoms in total. The fourth-order valence-corrected chi connectivity index (χ4v) is 3.84. The molecule has 3 aromatic rings. The zero-order valence-corrected chi connectivity index (χ0v) is 13.7. The van der Waals surface area contributed by atoms with Gasteiger partial charge in [0.05, 0.1) is 15.0 Å². The van der Waals surface area contributed by atoms with E-state index in [0.717, 1.165) is 17.5 Å². The summed E-state index contributed by atoms with van der Waals surface area (Å²) in [6.07, 6.45) is 0.876. The molecule has 0 saturated heterocycles. The summed E-state index contributed by atoms with van der Waals surface area (Å²) in [6.45, 7) is 0. The monoisotopic (exact) mass is 365 g/mol. The molecule has 1 aliphatic rings. The van der Waals surface area contributed by atoms with Crippen LogP contribution in [0.5, 0.6) is 0 Å². The van der Waals surface area contributed by atoms with Crippen molar-refractivity contribution in [2.75, 3.05) is 0 Å². The van der Waals surface area contributed by atoms with E-state index < -0.39 is 0 Å². The summed E-state index contributed by atoms with van der Waals surface area (Å²) in [4.78, 5) is 11.2. The van der Waals surface area contributed by atoms with Crippen molar-refractivity contribution in [3.05, 3.63) is 86.4 Å². The summed E-state index contributed by atoms with van der Waals surface area (Å²) in [5.41, 5.74) is 6.46. The van der Waals surface area contributed by atoms with Crippen LogP contribution >= 0.6 is 15.9 Å². The Balaban J connectivity index is 2.04. The first-order valence-corrected chi connectivity index (χ1v) is 8.09. The van der Waals surface area contributed by atoms with Gasteiger partial charge in [0.1, 0.15) is 0 Å². The average Bonchev–Trinajstić information content (AvgIpc) is 2.92. The lowest BCUT2D eigenvalue weighted by atomic mass is 9.93. The first kappa shape index (κ1) is 14.2. The summed E-state index contributed by atoms with van der Waals surface area (Å²) in [7, 11) is 0. The molecule has 1 aliphatic carbocycles. The molecule has 0 fully saturated rings. The maximum Gasteiger partial charge on any atom is 0.291 e. The number of nitrogens with zero attached hydrogens (tertiary/aromatic N) is 1. The van der Waals surface area contributed by atoms with Gasteiger partial charge < -0.3 is 0 Å². The van der Waals surface area contributed by atoms with E-state index in [1.807, 2.05) is 36.4 Å². The first-order valence-electron chi connectivity index (χ1n) is 7.30. The lowest BCUT2D eigenvalue weighted by Gasteiger charge is -2.11. The molecule has 0 amide bonds. The van der Waals surface area contributed by atoms with Crippen LogP contribution in [0, 0.1) is 10.1 Å². The van der Waals surface area contributed by atoms with Gasteiger partial charge in [0.2, 0.25) is 0 Å². The van der Waals surface area contributed by atoms with E-state index in [9.17, 15) is 10.1 Å². The molecule has 0 atom stereocenters. The molecule has 3 aromatic carbocycles.